The molecule has 3 heterocycles. The van der Waals surface area contributed by atoms with Gasteiger partial charge in [0.15, 0.2) is 0 Å². The molecule has 21 heavy (non-hydrogen) atoms. The average Bonchev–Trinajstić information content (AvgIpc) is 3.19. The zero-order valence-electron chi connectivity index (χ0n) is 12.8. The van der Waals surface area contributed by atoms with Crippen LogP contribution in [0.5, 0.6) is 0 Å². The van der Waals surface area contributed by atoms with Crippen LogP contribution >= 0.6 is 0 Å². The lowest BCUT2D eigenvalue weighted by atomic mass is 9.93. The minimum absolute atomic E-state index is 0.135. The van der Waals surface area contributed by atoms with Gasteiger partial charge in [-0.15, -0.1) is 0 Å². The van der Waals surface area contributed by atoms with E-state index in [1.165, 1.54) is 0 Å². The molecule has 0 radical (unpaired) electrons. The van der Waals surface area contributed by atoms with Gasteiger partial charge in [0.05, 0.1) is 12.2 Å². The van der Waals surface area contributed by atoms with Gasteiger partial charge in [-0.1, -0.05) is 0 Å². The van der Waals surface area contributed by atoms with E-state index < -0.39 is 0 Å². The van der Waals surface area contributed by atoms with Crippen molar-refractivity contribution >= 4 is 5.91 Å². The molecule has 3 unspecified atom stereocenters. The molecule has 3 fully saturated rings. The molecule has 0 spiro atoms. The number of rotatable bonds is 4. The highest BCUT2D eigenvalue weighted by atomic mass is 16.6. The number of carbonyl (C=O) groups is 1. The van der Waals surface area contributed by atoms with Crippen LogP contribution in [0.1, 0.15) is 44.9 Å². The van der Waals surface area contributed by atoms with E-state index in [4.69, 9.17) is 15.2 Å². The molecule has 5 heteroatoms. The Hall–Kier alpha value is -0.650. The number of nitrogens with zero attached hydrogens (tertiary/aromatic N) is 1. The molecule has 120 valence electrons. The number of ether oxygens (including phenoxy) is 2. The summed E-state index contributed by atoms with van der Waals surface area (Å²) in [6.45, 7) is 3.34. The van der Waals surface area contributed by atoms with Gasteiger partial charge in [-0.05, 0) is 57.4 Å². The number of piperidine rings is 1. The molecule has 0 aromatic heterocycles. The Balaban J connectivity index is 1.46. The first kappa shape index (κ1) is 15.3. The lowest BCUT2D eigenvalue weighted by molar-refractivity contribution is -0.147. The van der Waals surface area contributed by atoms with Gasteiger partial charge in [-0.2, -0.15) is 0 Å². The van der Waals surface area contributed by atoms with Crippen molar-refractivity contribution in [1.29, 1.82) is 0 Å². The molecule has 3 aliphatic heterocycles. The first-order chi connectivity index (χ1) is 10.3. The van der Waals surface area contributed by atoms with Crippen LogP contribution in [0.4, 0.5) is 0 Å². The minimum Gasteiger partial charge on any atom is -0.376 e. The molecule has 0 saturated carbocycles. The van der Waals surface area contributed by atoms with E-state index in [-0.39, 0.29) is 24.2 Å². The maximum atomic E-state index is 12.6. The summed E-state index contributed by atoms with van der Waals surface area (Å²) >= 11 is 0. The summed E-state index contributed by atoms with van der Waals surface area (Å²) in [6.07, 6.45) is 7.41. The first-order valence-electron chi connectivity index (χ1n) is 8.54. The van der Waals surface area contributed by atoms with Crippen molar-refractivity contribution in [2.75, 3.05) is 26.2 Å². The number of hydrogen-bond donors (Lipinski definition) is 1. The second-order valence-electron chi connectivity index (χ2n) is 6.64. The van der Waals surface area contributed by atoms with Crippen molar-refractivity contribution in [3.8, 4) is 0 Å². The van der Waals surface area contributed by atoms with E-state index in [1.807, 2.05) is 4.90 Å². The Bertz CT molecular complexity index is 349. The molecular weight excluding hydrogens is 268 g/mol. The number of hydrogen-bond acceptors (Lipinski definition) is 4. The van der Waals surface area contributed by atoms with Crippen LogP contribution in [0.25, 0.3) is 0 Å². The van der Waals surface area contributed by atoms with Crippen LogP contribution in [0.2, 0.25) is 0 Å². The molecule has 0 aliphatic carbocycles. The molecule has 1 amide bonds. The molecule has 3 atom stereocenters. The Morgan fingerprint density at radius 2 is 1.90 bits per heavy atom. The SMILES string of the molecule is NCCC1CCN(C(=O)C2CCC(C3CCCO3)O2)CC1. The van der Waals surface area contributed by atoms with Crippen LogP contribution in [-0.2, 0) is 14.3 Å². The quantitative estimate of drug-likeness (QED) is 0.849. The zero-order valence-corrected chi connectivity index (χ0v) is 12.8. The highest BCUT2D eigenvalue weighted by Gasteiger charge is 2.39. The fourth-order valence-electron chi connectivity index (χ4n) is 3.90. The predicted molar refractivity (Wildman–Crippen MR) is 79.8 cm³/mol. The van der Waals surface area contributed by atoms with E-state index in [9.17, 15) is 4.79 Å². The van der Waals surface area contributed by atoms with Crippen LogP contribution < -0.4 is 5.73 Å². The molecule has 0 aromatic carbocycles. The number of carbonyl (C=O) groups excluding carboxylic acids is 1. The lowest BCUT2D eigenvalue weighted by Crippen LogP contribution is -2.44. The van der Waals surface area contributed by atoms with E-state index >= 15 is 0 Å². The Labute approximate surface area is 127 Å². The van der Waals surface area contributed by atoms with Crippen molar-refractivity contribution in [3.63, 3.8) is 0 Å². The molecule has 3 rings (SSSR count). The number of nitrogens with two attached hydrogens (primary N) is 1. The predicted octanol–water partition coefficient (Wildman–Crippen LogP) is 1.30. The average molecular weight is 296 g/mol. The van der Waals surface area contributed by atoms with Gasteiger partial charge in [0.25, 0.3) is 5.91 Å². The van der Waals surface area contributed by atoms with Crippen molar-refractivity contribution in [2.24, 2.45) is 11.7 Å². The third-order valence-electron chi connectivity index (χ3n) is 5.21. The van der Waals surface area contributed by atoms with Crippen molar-refractivity contribution in [1.82, 2.24) is 4.90 Å². The van der Waals surface area contributed by atoms with E-state index in [0.29, 0.717) is 5.92 Å². The summed E-state index contributed by atoms with van der Waals surface area (Å²) < 4.78 is 11.7. The topological polar surface area (TPSA) is 64.8 Å². The van der Waals surface area contributed by atoms with Gasteiger partial charge in [0, 0.05) is 19.7 Å². The highest BCUT2D eigenvalue weighted by molar-refractivity contribution is 5.81. The second kappa shape index (κ2) is 7.07. The summed E-state index contributed by atoms with van der Waals surface area (Å²) in [7, 11) is 0. The standard InChI is InChI=1S/C16H28N2O3/c17-8-5-12-6-9-18(10-7-12)16(19)15-4-3-14(21-15)13-2-1-11-20-13/h12-15H,1-11,17H2. The van der Waals surface area contributed by atoms with Crippen molar-refractivity contribution < 1.29 is 14.3 Å². The fourth-order valence-corrected chi connectivity index (χ4v) is 3.90. The molecule has 0 aromatic rings. The van der Waals surface area contributed by atoms with Crippen LogP contribution in [0.3, 0.4) is 0 Å². The van der Waals surface area contributed by atoms with Gasteiger partial charge in [-0.3, -0.25) is 4.79 Å². The summed E-state index contributed by atoms with van der Waals surface area (Å²) in [4.78, 5) is 14.6. The summed E-state index contributed by atoms with van der Waals surface area (Å²) in [6, 6.07) is 0. The Kier molecular flexibility index (Phi) is 5.14. The lowest BCUT2D eigenvalue weighted by Gasteiger charge is -2.33. The van der Waals surface area contributed by atoms with E-state index in [0.717, 1.165) is 71.2 Å². The maximum Gasteiger partial charge on any atom is 0.251 e. The van der Waals surface area contributed by atoms with Crippen molar-refractivity contribution in [3.05, 3.63) is 0 Å². The van der Waals surface area contributed by atoms with Gasteiger partial charge >= 0.3 is 0 Å². The van der Waals surface area contributed by atoms with Crippen LogP contribution in [0.15, 0.2) is 0 Å². The second-order valence-corrected chi connectivity index (χ2v) is 6.64. The molecule has 5 nitrogen and oxygen atoms in total. The molecular formula is C16H28N2O3. The van der Waals surface area contributed by atoms with Gasteiger partial charge in [0.2, 0.25) is 0 Å². The summed E-state index contributed by atoms with van der Waals surface area (Å²) in [5.41, 5.74) is 5.62. The van der Waals surface area contributed by atoms with Crippen molar-refractivity contribution in [2.45, 2.75) is 63.3 Å². The van der Waals surface area contributed by atoms with Gasteiger partial charge in [0.1, 0.15) is 6.10 Å². The summed E-state index contributed by atoms with van der Waals surface area (Å²) in [5, 5.41) is 0. The Morgan fingerprint density at radius 3 is 2.57 bits per heavy atom. The molecule has 3 saturated heterocycles. The number of amides is 1. The monoisotopic (exact) mass is 296 g/mol. The normalized spacial score (nSPS) is 34.5. The first-order valence-corrected chi connectivity index (χ1v) is 8.54. The highest BCUT2D eigenvalue weighted by Crippen LogP contribution is 2.30. The maximum absolute atomic E-state index is 12.6. The summed E-state index contributed by atoms with van der Waals surface area (Å²) in [5.74, 6) is 0.893. The van der Waals surface area contributed by atoms with E-state index in [2.05, 4.69) is 0 Å². The fraction of sp³-hybridized carbons (Fsp3) is 0.938. The molecule has 2 N–H and O–H groups in total. The largest absolute Gasteiger partial charge is 0.376 e. The Morgan fingerprint density at radius 1 is 1.10 bits per heavy atom. The molecule has 0 bridgehead atoms. The molecule has 3 aliphatic rings. The van der Waals surface area contributed by atoms with Crippen LogP contribution in [-0.4, -0.2) is 55.4 Å². The number of likely N-dealkylation sites (tertiary alicyclic amines) is 1. The van der Waals surface area contributed by atoms with Gasteiger partial charge < -0.3 is 20.1 Å². The van der Waals surface area contributed by atoms with E-state index in [1.54, 1.807) is 0 Å². The third-order valence-corrected chi connectivity index (χ3v) is 5.21. The smallest absolute Gasteiger partial charge is 0.251 e. The third kappa shape index (κ3) is 3.58. The zero-order chi connectivity index (χ0) is 14.7. The van der Waals surface area contributed by atoms with Gasteiger partial charge in [-0.25, -0.2) is 0 Å². The van der Waals surface area contributed by atoms with Crippen LogP contribution in [0, 0.1) is 5.92 Å². The minimum atomic E-state index is -0.231.